The van der Waals surface area contributed by atoms with Crippen molar-refractivity contribution >= 4 is 57.4 Å². The number of nitrogens with one attached hydrogen (secondary N) is 4. The molecule has 9 rings (SSSR count). The lowest BCUT2D eigenvalue weighted by Crippen LogP contribution is -2.54. The second-order valence-corrected chi connectivity index (χ2v) is 18.3. The highest BCUT2D eigenvalue weighted by Crippen LogP contribution is 2.41. The van der Waals surface area contributed by atoms with E-state index in [1.54, 1.807) is 0 Å². The summed E-state index contributed by atoms with van der Waals surface area (Å²) < 4.78 is 20.9. The van der Waals surface area contributed by atoms with Crippen molar-refractivity contribution in [3.8, 4) is 22.4 Å². The van der Waals surface area contributed by atoms with E-state index in [0.717, 1.165) is 63.6 Å². The van der Waals surface area contributed by atoms with Crippen molar-refractivity contribution in [2.45, 2.75) is 101 Å². The second kappa shape index (κ2) is 19.0. The van der Waals surface area contributed by atoms with Gasteiger partial charge >= 0.3 is 12.2 Å². The van der Waals surface area contributed by atoms with Crippen molar-refractivity contribution in [2.75, 3.05) is 40.6 Å². The molecular weight excluding hydrogens is 852 g/mol. The summed E-state index contributed by atoms with van der Waals surface area (Å²) in [5.74, 6) is 0.922. The van der Waals surface area contributed by atoms with Gasteiger partial charge in [0.05, 0.1) is 37.3 Å². The van der Waals surface area contributed by atoms with Crippen LogP contribution in [-0.4, -0.2) is 119 Å². The number of likely N-dealkylation sites (tertiary alicyclic amines) is 2. The lowest BCUT2D eigenvalue weighted by Gasteiger charge is -2.36. The number of amides is 4. The van der Waals surface area contributed by atoms with Crippen LogP contribution >= 0.6 is 11.6 Å². The summed E-state index contributed by atoms with van der Waals surface area (Å²) in [5.41, 5.74) is 5.19. The number of methoxy groups -OCH3 is 2. The van der Waals surface area contributed by atoms with Gasteiger partial charge in [-0.2, -0.15) is 0 Å². The number of ether oxygens (including phenoxy) is 4. The standard InChI is InChI=1S/C48H57ClN8O8/c1-26-5-15-36(56(26)45(58)39(53-47(60)62-3)30-17-21-64-22-18-30)43-50-35-14-12-33-25-32(11-13-34(33)41(35)52-43)28-7-9-29(10-8-28)38-42(49)55-44(51-38)37-16-6-27(2)57(37)46(59)40(54-48(61)63-4)31-19-23-65-24-20-31/h7-14,25-27,30-31,36-37,39-40H,5-6,15-24H2,1-4H3,(H,50,52)(H,51,55)(H,53,60)(H,54,61)/t26-,27-,36-,37-,39-,40-/m0/s1. The Hall–Kier alpha value is -5.71. The molecule has 4 N–H and O–H groups in total. The normalized spacial score (nSPS) is 22.8. The number of H-pyrrole nitrogens is 2. The SMILES string of the molecule is COC(=O)N[C@H](C(=O)N1[C@@H](C)CC[C@H]1c1nc(-c2ccc(-c3ccc4c(ccc5[nH]c([C@@H]6CC[C@H](C)N6C(=O)[C@@H](NC(=O)OC)C6CCOCC6)nc54)c3)cc2)c(Cl)[nH]1)C1CCOCC1. The largest absolute Gasteiger partial charge is 0.453 e. The van der Waals surface area contributed by atoms with Crippen molar-refractivity contribution in [3.05, 3.63) is 71.4 Å². The maximum atomic E-state index is 14.3. The smallest absolute Gasteiger partial charge is 0.407 e. The minimum Gasteiger partial charge on any atom is -0.453 e. The molecule has 17 heteroatoms. The molecule has 65 heavy (non-hydrogen) atoms. The van der Waals surface area contributed by atoms with Crippen LogP contribution in [-0.2, 0) is 28.5 Å². The van der Waals surface area contributed by atoms with Gasteiger partial charge in [-0.15, -0.1) is 0 Å². The molecule has 0 saturated carbocycles. The first-order chi connectivity index (χ1) is 31.5. The van der Waals surface area contributed by atoms with E-state index in [-0.39, 0.29) is 47.8 Å². The van der Waals surface area contributed by atoms with Crippen molar-refractivity contribution < 1.29 is 38.1 Å². The molecule has 5 aromatic rings. The molecule has 3 aromatic carbocycles. The molecule has 6 heterocycles. The number of carbonyl (C=O) groups excluding carboxylic acids is 4. The molecule has 344 valence electrons. The molecule has 0 unspecified atom stereocenters. The van der Waals surface area contributed by atoms with Gasteiger partial charge in [0.25, 0.3) is 0 Å². The number of aromatic nitrogens is 4. The highest BCUT2D eigenvalue weighted by atomic mass is 35.5. The van der Waals surface area contributed by atoms with Crippen molar-refractivity contribution in [1.82, 2.24) is 40.4 Å². The number of benzene rings is 3. The van der Waals surface area contributed by atoms with Crippen LogP contribution in [0.3, 0.4) is 0 Å². The maximum Gasteiger partial charge on any atom is 0.407 e. The Bertz CT molecular complexity index is 2550. The molecule has 0 aliphatic carbocycles. The third-order valence-electron chi connectivity index (χ3n) is 14.1. The van der Waals surface area contributed by atoms with E-state index in [0.29, 0.717) is 75.2 Å². The van der Waals surface area contributed by atoms with Gasteiger partial charge in [-0.3, -0.25) is 9.59 Å². The van der Waals surface area contributed by atoms with Crippen LogP contribution in [0.5, 0.6) is 0 Å². The minimum atomic E-state index is -0.742. The van der Waals surface area contributed by atoms with Gasteiger partial charge < -0.3 is 49.3 Å². The molecule has 6 atom stereocenters. The molecule has 4 aliphatic rings. The van der Waals surface area contributed by atoms with Crippen LogP contribution in [0.2, 0.25) is 5.15 Å². The molecular formula is C48H57ClN8O8. The fourth-order valence-corrected chi connectivity index (χ4v) is 10.7. The van der Waals surface area contributed by atoms with Gasteiger partial charge in [-0.05, 0) is 106 Å². The molecule has 0 bridgehead atoms. The molecule has 0 radical (unpaired) electrons. The predicted octanol–water partition coefficient (Wildman–Crippen LogP) is 7.83. The Balaban J connectivity index is 0.929. The first kappa shape index (κ1) is 44.5. The van der Waals surface area contributed by atoms with Crippen molar-refractivity contribution in [2.24, 2.45) is 11.8 Å². The van der Waals surface area contributed by atoms with Crippen LogP contribution in [0.1, 0.15) is 88.9 Å². The summed E-state index contributed by atoms with van der Waals surface area (Å²) in [6.07, 6.45) is 4.47. The number of hydrogen-bond donors (Lipinski definition) is 4. The number of carbonyl (C=O) groups is 4. The van der Waals surface area contributed by atoms with Gasteiger partial charge in [0.2, 0.25) is 11.8 Å². The lowest BCUT2D eigenvalue weighted by molar-refractivity contribution is -0.139. The summed E-state index contributed by atoms with van der Waals surface area (Å²) in [6.45, 7) is 6.24. The Kier molecular flexibility index (Phi) is 13.0. The quantitative estimate of drug-likeness (QED) is 0.107. The molecule has 4 fully saturated rings. The van der Waals surface area contributed by atoms with E-state index in [1.165, 1.54) is 14.2 Å². The van der Waals surface area contributed by atoms with Crippen LogP contribution in [0.25, 0.3) is 44.2 Å². The minimum absolute atomic E-state index is 0.0324. The van der Waals surface area contributed by atoms with Crippen molar-refractivity contribution in [1.29, 1.82) is 0 Å². The Morgan fingerprint density at radius 2 is 1.17 bits per heavy atom. The van der Waals surface area contributed by atoms with Gasteiger partial charge in [-0.1, -0.05) is 54.1 Å². The van der Waals surface area contributed by atoms with E-state index >= 15 is 0 Å². The van der Waals surface area contributed by atoms with Crippen LogP contribution in [0.15, 0.2) is 54.6 Å². The Morgan fingerprint density at radius 3 is 1.71 bits per heavy atom. The van der Waals surface area contributed by atoms with E-state index in [4.69, 9.17) is 40.5 Å². The zero-order chi connectivity index (χ0) is 45.4. The Labute approximate surface area is 382 Å². The number of alkyl carbamates (subject to hydrolysis) is 2. The summed E-state index contributed by atoms with van der Waals surface area (Å²) in [5, 5.41) is 8.07. The highest BCUT2D eigenvalue weighted by molar-refractivity contribution is 6.32. The van der Waals surface area contributed by atoms with Gasteiger partial charge in [0, 0.05) is 49.5 Å². The van der Waals surface area contributed by atoms with Gasteiger partial charge in [-0.25, -0.2) is 19.6 Å². The topological polar surface area (TPSA) is 193 Å². The fraction of sp³-hybridized carbons (Fsp3) is 0.500. The molecule has 4 saturated heterocycles. The van der Waals surface area contributed by atoms with Crippen molar-refractivity contribution in [3.63, 3.8) is 0 Å². The van der Waals surface area contributed by atoms with Crippen LogP contribution in [0.4, 0.5) is 9.59 Å². The maximum absolute atomic E-state index is 14.3. The zero-order valence-corrected chi connectivity index (χ0v) is 38.0. The molecule has 2 aromatic heterocycles. The fourth-order valence-electron chi connectivity index (χ4n) is 10.5. The first-order valence-corrected chi connectivity index (χ1v) is 23.2. The lowest BCUT2D eigenvalue weighted by atomic mass is 9.90. The van der Waals surface area contributed by atoms with Crippen LogP contribution in [0, 0.1) is 11.8 Å². The number of nitrogens with zero attached hydrogens (tertiary/aromatic N) is 4. The van der Waals surface area contributed by atoms with E-state index in [1.807, 2.05) is 47.1 Å². The summed E-state index contributed by atoms with van der Waals surface area (Å²) in [4.78, 5) is 74.1. The number of hydrogen-bond acceptors (Lipinski definition) is 10. The van der Waals surface area contributed by atoms with Gasteiger partial charge in [0.15, 0.2) is 0 Å². The molecule has 4 amide bonds. The predicted molar refractivity (Wildman–Crippen MR) is 244 cm³/mol. The number of rotatable bonds is 10. The number of halogens is 1. The third-order valence-corrected chi connectivity index (χ3v) is 14.3. The summed E-state index contributed by atoms with van der Waals surface area (Å²) >= 11 is 6.85. The van der Waals surface area contributed by atoms with E-state index < -0.39 is 24.3 Å². The summed E-state index contributed by atoms with van der Waals surface area (Å²) in [6, 6.07) is 16.4. The van der Waals surface area contributed by atoms with Crippen LogP contribution < -0.4 is 10.6 Å². The number of imidazole rings is 2. The third kappa shape index (κ3) is 8.87. The number of fused-ring (bicyclic) bond motifs is 3. The molecule has 0 spiro atoms. The summed E-state index contributed by atoms with van der Waals surface area (Å²) in [7, 11) is 2.61. The van der Waals surface area contributed by atoms with E-state index in [9.17, 15) is 19.2 Å². The first-order valence-electron chi connectivity index (χ1n) is 22.8. The zero-order valence-electron chi connectivity index (χ0n) is 37.2. The average Bonchev–Trinajstić information content (AvgIpc) is 4.14. The average molecular weight is 909 g/mol. The second-order valence-electron chi connectivity index (χ2n) is 17.9. The Morgan fingerprint density at radius 1 is 0.662 bits per heavy atom. The monoisotopic (exact) mass is 908 g/mol. The highest BCUT2D eigenvalue weighted by Gasteiger charge is 2.45. The van der Waals surface area contributed by atoms with Gasteiger partial charge in [0.1, 0.15) is 34.6 Å². The number of aromatic amines is 2. The van der Waals surface area contributed by atoms with E-state index in [2.05, 4.69) is 51.8 Å². The molecule has 16 nitrogen and oxygen atoms in total. The molecule has 4 aliphatic heterocycles.